The number of halogens is 3. The fourth-order valence-electron chi connectivity index (χ4n) is 0.959. The Bertz CT molecular complexity index is 453. The molecule has 0 saturated heterocycles. The molecule has 0 fully saturated rings. The number of pyridine rings is 1. The van der Waals surface area contributed by atoms with Gasteiger partial charge in [0.1, 0.15) is 0 Å². The molecule has 0 amide bonds. The van der Waals surface area contributed by atoms with Crippen LogP contribution in [0.25, 0.3) is 0 Å². The van der Waals surface area contributed by atoms with Crippen molar-refractivity contribution in [3.05, 3.63) is 35.8 Å². The second kappa shape index (κ2) is 3.80. The monoisotopic (exact) mass is 238 g/mol. The van der Waals surface area contributed by atoms with Gasteiger partial charge in [0.25, 0.3) is 0 Å². The van der Waals surface area contributed by atoms with Crippen molar-refractivity contribution < 1.29 is 21.6 Å². The van der Waals surface area contributed by atoms with Gasteiger partial charge in [0.05, 0.1) is 23.3 Å². The fourth-order valence-corrected chi connectivity index (χ4v) is 1.57. The van der Waals surface area contributed by atoms with Gasteiger partial charge in [0, 0.05) is 6.20 Å². The van der Waals surface area contributed by atoms with Crippen LogP contribution >= 0.6 is 0 Å². The zero-order valence-electron chi connectivity index (χ0n) is 7.45. The number of nitrogens with zero attached hydrogens (tertiary/aromatic N) is 1. The largest absolute Gasteiger partial charge is 0.416 e. The standard InChI is InChI=1S/C8H7F3NO2S/c1-15(13,14)5-7-4-6(2-3-12-7)8(9,10)11/h2-4H,1,5H2. The lowest BCUT2D eigenvalue weighted by atomic mass is 10.2. The van der Waals surface area contributed by atoms with Crippen LogP contribution in [-0.2, 0) is 21.8 Å². The minimum absolute atomic E-state index is 0.167. The van der Waals surface area contributed by atoms with E-state index in [1.165, 1.54) is 0 Å². The summed E-state index contributed by atoms with van der Waals surface area (Å²) in [6, 6.07) is 1.47. The number of hydrogen-bond acceptors (Lipinski definition) is 3. The van der Waals surface area contributed by atoms with Crippen molar-refractivity contribution >= 4 is 9.84 Å². The molecule has 0 saturated carbocycles. The minimum Gasteiger partial charge on any atom is -0.260 e. The van der Waals surface area contributed by atoms with Crippen LogP contribution in [0, 0.1) is 6.26 Å². The van der Waals surface area contributed by atoms with E-state index < -0.39 is 27.3 Å². The molecule has 0 aliphatic carbocycles. The third-order valence-corrected chi connectivity index (χ3v) is 2.25. The van der Waals surface area contributed by atoms with Crippen LogP contribution in [0.15, 0.2) is 18.3 Å². The number of hydrogen-bond donors (Lipinski definition) is 0. The number of sulfone groups is 1. The second-order valence-corrected chi connectivity index (χ2v) is 4.70. The maximum absolute atomic E-state index is 12.2. The van der Waals surface area contributed by atoms with Gasteiger partial charge < -0.3 is 0 Å². The van der Waals surface area contributed by atoms with E-state index >= 15 is 0 Å². The van der Waals surface area contributed by atoms with Crippen molar-refractivity contribution in [1.82, 2.24) is 4.98 Å². The molecule has 15 heavy (non-hydrogen) atoms. The summed E-state index contributed by atoms with van der Waals surface area (Å²) in [5.41, 5.74) is -1.09. The maximum atomic E-state index is 12.2. The molecule has 0 atom stereocenters. The van der Waals surface area contributed by atoms with Crippen LogP contribution < -0.4 is 0 Å². The Morgan fingerprint density at radius 1 is 1.40 bits per heavy atom. The molecule has 0 bridgehead atoms. The van der Waals surface area contributed by atoms with Gasteiger partial charge in [-0.15, -0.1) is 0 Å². The molecule has 0 unspecified atom stereocenters. The Morgan fingerprint density at radius 2 is 2.00 bits per heavy atom. The molecule has 1 heterocycles. The smallest absolute Gasteiger partial charge is 0.260 e. The van der Waals surface area contributed by atoms with Gasteiger partial charge >= 0.3 is 6.18 Å². The van der Waals surface area contributed by atoms with Crippen molar-refractivity contribution in [2.24, 2.45) is 0 Å². The Labute approximate surface area is 84.9 Å². The molecule has 0 aliphatic rings. The van der Waals surface area contributed by atoms with E-state index in [1.54, 1.807) is 0 Å². The molecule has 0 aliphatic heterocycles. The van der Waals surface area contributed by atoms with E-state index in [9.17, 15) is 21.6 Å². The van der Waals surface area contributed by atoms with Crippen LogP contribution in [-0.4, -0.2) is 13.4 Å². The summed E-state index contributed by atoms with van der Waals surface area (Å²) in [7, 11) is -3.62. The highest BCUT2D eigenvalue weighted by Crippen LogP contribution is 2.29. The molecule has 0 N–H and O–H groups in total. The molecule has 0 aromatic carbocycles. The van der Waals surface area contributed by atoms with Gasteiger partial charge in [-0.1, -0.05) is 0 Å². The molecular formula is C8H7F3NO2S. The van der Waals surface area contributed by atoms with Crippen LogP contribution in [0.2, 0.25) is 0 Å². The van der Waals surface area contributed by atoms with Crippen LogP contribution in [0.4, 0.5) is 13.2 Å². The summed E-state index contributed by atoms with van der Waals surface area (Å²) in [5.74, 6) is -0.600. The number of alkyl halides is 3. The third kappa shape index (κ3) is 3.86. The lowest BCUT2D eigenvalue weighted by Gasteiger charge is -2.07. The quantitative estimate of drug-likeness (QED) is 0.789. The predicted octanol–water partition coefficient (Wildman–Crippen LogP) is 1.81. The summed E-state index contributed by atoms with van der Waals surface area (Å²) in [5, 5.41) is 0. The van der Waals surface area contributed by atoms with Crippen molar-refractivity contribution in [1.29, 1.82) is 0 Å². The number of aromatic nitrogens is 1. The Morgan fingerprint density at radius 3 is 2.47 bits per heavy atom. The topological polar surface area (TPSA) is 47.0 Å². The van der Waals surface area contributed by atoms with Gasteiger partial charge in [0.15, 0.2) is 9.84 Å². The molecule has 1 radical (unpaired) electrons. The first-order valence-electron chi connectivity index (χ1n) is 3.76. The van der Waals surface area contributed by atoms with E-state index in [1.807, 2.05) is 0 Å². The zero-order chi connectivity index (χ0) is 11.7. The van der Waals surface area contributed by atoms with Gasteiger partial charge in [-0.2, -0.15) is 13.2 Å². The average molecular weight is 238 g/mol. The van der Waals surface area contributed by atoms with Crippen LogP contribution in [0.5, 0.6) is 0 Å². The van der Waals surface area contributed by atoms with E-state index in [-0.39, 0.29) is 5.69 Å². The summed E-state index contributed by atoms with van der Waals surface area (Å²) < 4.78 is 58.1. The molecular weight excluding hydrogens is 231 g/mol. The highest BCUT2D eigenvalue weighted by molar-refractivity contribution is 7.91. The molecule has 1 aromatic rings. The normalized spacial score (nSPS) is 12.8. The molecule has 1 rings (SSSR count). The van der Waals surface area contributed by atoms with Gasteiger partial charge in [0.2, 0.25) is 0 Å². The van der Waals surface area contributed by atoms with Gasteiger partial charge in [-0.25, -0.2) is 8.42 Å². The molecule has 7 heteroatoms. The third-order valence-electron chi connectivity index (χ3n) is 1.51. The van der Waals surface area contributed by atoms with E-state index in [4.69, 9.17) is 0 Å². The average Bonchev–Trinajstić information content (AvgIpc) is 1.99. The summed E-state index contributed by atoms with van der Waals surface area (Å²) in [6.07, 6.45) is -0.769. The summed E-state index contributed by atoms with van der Waals surface area (Å²) >= 11 is 0. The van der Waals surface area contributed by atoms with Crippen molar-refractivity contribution in [3.63, 3.8) is 0 Å². The van der Waals surface area contributed by atoms with E-state index in [0.717, 1.165) is 12.3 Å². The maximum Gasteiger partial charge on any atom is 0.416 e. The van der Waals surface area contributed by atoms with Crippen LogP contribution in [0.3, 0.4) is 0 Å². The molecule has 83 valence electrons. The molecule has 3 nitrogen and oxygen atoms in total. The number of rotatable bonds is 2. The van der Waals surface area contributed by atoms with E-state index in [2.05, 4.69) is 11.2 Å². The molecule has 1 aromatic heterocycles. The zero-order valence-corrected chi connectivity index (χ0v) is 8.27. The first-order chi connectivity index (χ1) is 6.68. The Kier molecular flexibility index (Phi) is 3.03. The summed E-state index contributed by atoms with van der Waals surface area (Å²) in [4.78, 5) is 3.52. The second-order valence-electron chi connectivity index (χ2n) is 2.92. The molecule has 0 spiro atoms. The fraction of sp³-hybridized carbons (Fsp3) is 0.250. The van der Waals surface area contributed by atoms with Crippen molar-refractivity contribution in [3.8, 4) is 0 Å². The van der Waals surface area contributed by atoms with Gasteiger partial charge in [-0.05, 0) is 12.1 Å². The van der Waals surface area contributed by atoms with Crippen molar-refractivity contribution in [2.75, 3.05) is 0 Å². The minimum atomic E-state index is -4.50. The highest BCUT2D eigenvalue weighted by Gasteiger charge is 2.30. The summed E-state index contributed by atoms with van der Waals surface area (Å²) in [6.45, 7) is 0. The predicted molar refractivity (Wildman–Crippen MR) is 47.2 cm³/mol. The first-order valence-corrected chi connectivity index (χ1v) is 5.58. The van der Waals surface area contributed by atoms with Gasteiger partial charge in [-0.3, -0.25) is 4.98 Å². The van der Waals surface area contributed by atoms with Crippen LogP contribution in [0.1, 0.15) is 11.3 Å². The lowest BCUT2D eigenvalue weighted by Crippen LogP contribution is -2.08. The first kappa shape index (κ1) is 12.0. The highest BCUT2D eigenvalue weighted by atomic mass is 32.2. The SMILES string of the molecule is [CH2]S(=O)(=O)Cc1cc(C(F)(F)F)ccn1. The Hall–Kier alpha value is -1.11. The van der Waals surface area contributed by atoms with Crippen molar-refractivity contribution in [2.45, 2.75) is 11.9 Å². The lowest BCUT2D eigenvalue weighted by molar-refractivity contribution is -0.137. The van der Waals surface area contributed by atoms with E-state index in [0.29, 0.717) is 6.07 Å². The Balaban J connectivity index is 3.04.